The number of aromatic nitrogens is 3. The predicted octanol–water partition coefficient (Wildman–Crippen LogP) is 4.66. The molecule has 2 heterocycles. The van der Waals surface area contributed by atoms with Crippen molar-refractivity contribution in [1.82, 2.24) is 19.1 Å². The summed E-state index contributed by atoms with van der Waals surface area (Å²) in [5.41, 5.74) is -0.0446. The van der Waals surface area contributed by atoms with Crippen LogP contribution in [0.2, 0.25) is 0 Å². The Morgan fingerprint density at radius 1 is 1.00 bits per heavy atom. The van der Waals surface area contributed by atoms with Crippen molar-refractivity contribution in [1.29, 1.82) is 0 Å². The minimum Gasteiger partial charge on any atom is -0.395 e. The highest BCUT2D eigenvalue weighted by Crippen LogP contribution is 2.45. The lowest BCUT2D eigenvalue weighted by molar-refractivity contribution is 0.128. The van der Waals surface area contributed by atoms with Crippen molar-refractivity contribution in [2.45, 2.75) is 74.7 Å². The van der Waals surface area contributed by atoms with Gasteiger partial charge < -0.3 is 9.67 Å². The van der Waals surface area contributed by atoms with E-state index in [0.29, 0.717) is 44.1 Å². The second-order valence-electron chi connectivity index (χ2n) is 10.4. The average molecular weight is 531 g/mol. The molecule has 198 valence electrons. The Bertz CT molecular complexity index is 1330. The van der Waals surface area contributed by atoms with E-state index in [2.05, 4.69) is 10.2 Å². The molecule has 2 aliphatic rings. The summed E-state index contributed by atoms with van der Waals surface area (Å²) in [5.74, 6) is -1.27. The van der Waals surface area contributed by atoms with Gasteiger partial charge in [0, 0.05) is 29.6 Å². The minimum absolute atomic E-state index is 0.00310. The highest BCUT2D eigenvalue weighted by Gasteiger charge is 2.42. The number of aliphatic hydroxyl groups excluding tert-OH is 1. The van der Waals surface area contributed by atoms with E-state index in [0.717, 1.165) is 12.1 Å². The van der Waals surface area contributed by atoms with Crippen LogP contribution >= 0.6 is 0 Å². The molecule has 0 radical (unpaired) electrons. The van der Waals surface area contributed by atoms with E-state index in [1.54, 1.807) is 43.8 Å². The van der Waals surface area contributed by atoms with Gasteiger partial charge in [-0.05, 0) is 68.7 Å². The lowest BCUT2D eigenvalue weighted by Gasteiger charge is -2.40. The normalized spacial score (nSPS) is 28.3. The van der Waals surface area contributed by atoms with Crippen molar-refractivity contribution in [2.75, 3.05) is 6.61 Å². The van der Waals surface area contributed by atoms with Crippen molar-refractivity contribution >= 4 is 10.0 Å². The molecule has 5 rings (SSSR count). The summed E-state index contributed by atoms with van der Waals surface area (Å²) in [4.78, 5) is 0. The molecule has 1 saturated heterocycles. The number of benzene rings is 2. The SMILES string of the molecule is C[C@H]1CC[C@H](c2ccccc2)S(=O)(=O)N1Cc1cc(F)c(C2(CO)CCC(n3cnnc3)CC2)cc1F. The highest BCUT2D eigenvalue weighted by atomic mass is 32.2. The molecule has 10 heteroatoms. The quantitative estimate of drug-likeness (QED) is 0.501. The van der Waals surface area contributed by atoms with Crippen LogP contribution in [0.3, 0.4) is 0 Å². The molecule has 0 unspecified atom stereocenters. The first-order valence-corrected chi connectivity index (χ1v) is 14.2. The van der Waals surface area contributed by atoms with Gasteiger partial charge in [0.15, 0.2) is 0 Å². The number of nitrogens with zero attached hydrogens (tertiary/aromatic N) is 4. The standard InChI is InChI=1S/C27H32F2N4O3S/c1-19-7-8-26(20-5-3-2-4-6-20)37(35,36)33(19)15-21-13-25(29)23(14-24(21)28)27(16-34)11-9-22(10-12-27)32-17-30-31-18-32/h2-6,13-14,17-19,22,26,34H,7-12,15-16H2,1H3/t19-,22?,26+,27?/m0/s1. The van der Waals surface area contributed by atoms with Crippen LogP contribution < -0.4 is 0 Å². The van der Waals surface area contributed by atoms with E-state index in [1.165, 1.54) is 4.31 Å². The Morgan fingerprint density at radius 2 is 1.68 bits per heavy atom. The van der Waals surface area contributed by atoms with Gasteiger partial charge in [-0.15, -0.1) is 10.2 Å². The topological polar surface area (TPSA) is 88.3 Å². The molecule has 1 aromatic heterocycles. The molecule has 2 aromatic carbocycles. The fourth-order valence-electron chi connectivity index (χ4n) is 6.00. The summed E-state index contributed by atoms with van der Waals surface area (Å²) in [6.07, 6.45) is 6.71. The Labute approximate surface area is 216 Å². The van der Waals surface area contributed by atoms with E-state index in [4.69, 9.17) is 0 Å². The molecule has 1 aliphatic carbocycles. The summed E-state index contributed by atoms with van der Waals surface area (Å²) < 4.78 is 61.3. The maximum absolute atomic E-state index is 15.5. The lowest BCUT2D eigenvalue weighted by atomic mass is 9.68. The van der Waals surface area contributed by atoms with E-state index in [1.807, 2.05) is 10.6 Å². The predicted molar refractivity (Wildman–Crippen MR) is 135 cm³/mol. The zero-order valence-corrected chi connectivity index (χ0v) is 21.6. The van der Waals surface area contributed by atoms with Crippen LogP contribution in [0.15, 0.2) is 55.1 Å². The summed E-state index contributed by atoms with van der Waals surface area (Å²) in [5, 5.41) is 17.3. The third-order valence-electron chi connectivity index (χ3n) is 8.30. The molecule has 2 fully saturated rings. The number of hydrogen-bond donors (Lipinski definition) is 1. The Hall–Kier alpha value is -2.69. The summed E-state index contributed by atoms with van der Waals surface area (Å²) in [6, 6.07) is 11.1. The van der Waals surface area contributed by atoms with Crippen molar-refractivity contribution in [3.8, 4) is 0 Å². The van der Waals surface area contributed by atoms with E-state index in [9.17, 15) is 13.5 Å². The summed E-state index contributed by atoms with van der Waals surface area (Å²) in [6.45, 7) is 1.27. The van der Waals surface area contributed by atoms with Gasteiger partial charge in [0.2, 0.25) is 10.0 Å². The van der Waals surface area contributed by atoms with E-state index in [-0.39, 0.29) is 36.4 Å². The van der Waals surface area contributed by atoms with Gasteiger partial charge in [0.25, 0.3) is 0 Å². The molecular formula is C27H32F2N4O3S. The molecule has 7 nitrogen and oxygen atoms in total. The molecule has 2 atom stereocenters. The Balaban J connectivity index is 1.39. The molecule has 1 aliphatic heterocycles. The number of hydrogen-bond acceptors (Lipinski definition) is 5. The zero-order valence-electron chi connectivity index (χ0n) is 20.8. The highest BCUT2D eigenvalue weighted by molar-refractivity contribution is 7.89. The first-order chi connectivity index (χ1) is 17.7. The second-order valence-corrected chi connectivity index (χ2v) is 12.5. The maximum Gasteiger partial charge on any atom is 0.221 e. The molecule has 1 N–H and O–H groups in total. The average Bonchev–Trinajstić information content (AvgIpc) is 3.44. The van der Waals surface area contributed by atoms with Gasteiger partial charge in [-0.2, -0.15) is 4.31 Å². The zero-order chi connectivity index (χ0) is 26.2. The van der Waals surface area contributed by atoms with Gasteiger partial charge >= 0.3 is 0 Å². The Kier molecular flexibility index (Phi) is 7.17. The molecule has 0 amide bonds. The van der Waals surface area contributed by atoms with Crippen LogP contribution in [0.25, 0.3) is 0 Å². The van der Waals surface area contributed by atoms with Crippen LogP contribution in [0.1, 0.15) is 73.4 Å². The monoisotopic (exact) mass is 530 g/mol. The van der Waals surface area contributed by atoms with E-state index >= 15 is 8.78 Å². The fourth-order valence-corrected chi connectivity index (χ4v) is 8.19. The van der Waals surface area contributed by atoms with Gasteiger partial charge in [-0.1, -0.05) is 30.3 Å². The van der Waals surface area contributed by atoms with Crippen LogP contribution in [-0.4, -0.2) is 45.2 Å². The summed E-state index contributed by atoms with van der Waals surface area (Å²) >= 11 is 0. The largest absolute Gasteiger partial charge is 0.395 e. The molecule has 0 spiro atoms. The molecule has 0 bridgehead atoms. The molecule has 37 heavy (non-hydrogen) atoms. The summed E-state index contributed by atoms with van der Waals surface area (Å²) in [7, 11) is -3.78. The van der Waals surface area contributed by atoms with Crippen molar-refractivity contribution < 1.29 is 22.3 Å². The van der Waals surface area contributed by atoms with Gasteiger partial charge in [0.1, 0.15) is 29.5 Å². The number of rotatable bonds is 6. The maximum atomic E-state index is 15.5. The smallest absolute Gasteiger partial charge is 0.221 e. The van der Waals surface area contributed by atoms with Gasteiger partial charge in [-0.3, -0.25) is 0 Å². The van der Waals surface area contributed by atoms with Crippen LogP contribution in [0.5, 0.6) is 0 Å². The molecular weight excluding hydrogens is 498 g/mol. The van der Waals surface area contributed by atoms with Gasteiger partial charge in [-0.25, -0.2) is 17.2 Å². The van der Waals surface area contributed by atoms with Crippen molar-refractivity contribution in [3.05, 3.63) is 83.4 Å². The van der Waals surface area contributed by atoms with Crippen LogP contribution in [-0.2, 0) is 22.0 Å². The van der Waals surface area contributed by atoms with Crippen LogP contribution in [0, 0.1) is 11.6 Å². The third-order valence-corrected chi connectivity index (χ3v) is 10.7. The third kappa shape index (κ3) is 4.82. The van der Waals surface area contributed by atoms with E-state index < -0.39 is 32.3 Å². The van der Waals surface area contributed by atoms with Crippen molar-refractivity contribution in [3.63, 3.8) is 0 Å². The number of aliphatic hydroxyl groups is 1. The van der Waals surface area contributed by atoms with Crippen LogP contribution in [0.4, 0.5) is 8.78 Å². The first kappa shape index (κ1) is 25.9. The first-order valence-electron chi connectivity index (χ1n) is 12.7. The number of sulfonamides is 1. The number of halogens is 2. The minimum atomic E-state index is -3.78. The van der Waals surface area contributed by atoms with Gasteiger partial charge in [0.05, 0.1) is 6.61 Å². The lowest BCUT2D eigenvalue weighted by Crippen LogP contribution is -2.45. The Morgan fingerprint density at radius 3 is 2.32 bits per heavy atom. The fraction of sp³-hybridized carbons (Fsp3) is 0.481. The van der Waals surface area contributed by atoms with Crippen molar-refractivity contribution in [2.24, 2.45) is 0 Å². The second kappa shape index (κ2) is 10.2. The molecule has 3 aromatic rings. The molecule has 1 saturated carbocycles.